The van der Waals surface area contributed by atoms with Gasteiger partial charge in [0.05, 0.1) is 0 Å². The molecule has 9 nitrogen and oxygen atoms in total. The topological polar surface area (TPSA) is 114 Å². The predicted molar refractivity (Wildman–Crippen MR) is 181 cm³/mol. The van der Waals surface area contributed by atoms with E-state index in [4.69, 9.17) is 9.47 Å². The Hall–Kier alpha value is -3.88. The van der Waals surface area contributed by atoms with Gasteiger partial charge in [-0.05, 0) is 66.0 Å². The van der Waals surface area contributed by atoms with Gasteiger partial charge in [-0.2, -0.15) is 0 Å². The zero-order chi connectivity index (χ0) is 34.3. The number of esters is 1. The normalized spacial score (nSPS) is 12.9. The maximum atomic E-state index is 14.3. The third-order valence-corrected chi connectivity index (χ3v) is 7.06. The minimum absolute atomic E-state index is 0.216. The average Bonchev–Trinajstić information content (AvgIpc) is 2.95. The highest BCUT2D eigenvalue weighted by Crippen LogP contribution is 2.25. The molecule has 46 heavy (non-hydrogen) atoms. The zero-order valence-electron chi connectivity index (χ0n) is 29.1. The van der Waals surface area contributed by atoms with Crippen molar-refractivity contribution in [1.82, 2.24) is 15.5 Å². The Balaban J connectivity index is 2.46. The molecule has 3 amide bonds. The lowest BCUT2D eigenvalue weighted by Crippen LogP contribution is -2.52. The number of alkyl carbamates (subject to hydrolysis) is 1. The lowest BCUT2D eigenvalue weighted by molar-refractivity contribution is -0.159. The molecule has 0 radical (unpaired) electrons. The standard InChI is InChI=1S/C37H55N3O6/c1-9-10-11-12-13-17-23-40(31(41)26-38-35(44)46-37(6,7)8)32(29-22-18-19-27(2)24-29)33(42)39-30(34(43)45-36(3,4)5)25-28-20-15-14-16-21-28/h14-16,18-22,24,30,32H,9-13,17,23,25-26H2,1-8H3,(H,38,44)(H,39,42). The van der Waals surface area contributed by atoms with E-state index < -0.39 is 47.2 Å². The van der Waals surface area contributed by atoms with Gasteiger partial charge in [-0.25, -0.2) is 9.59 Å². The number of hydrogen-bond acceptors (Lipinski definition) is 6. The molecule has 0 spiro atoms. The number of rotatable bonds is 16. The van der Waals surface area contributed by atoms with Crippen molar-refractivity contribution in [2.45, 2.75) is 124 Å². The number of nitrogens with zero attached hydrogens (tertiary/aromatic N) is 1. The van der Waals surface area contributed by atoms with E-state index in [-0.39, 0.29) is 13.0 Å². The van der Waals surface area contributed by atoms with Crippen LogP contribution in [-0.2, 0) is 30.3 Å². The first-order valence-electron chi connectivity index (χ1n) is 16.5. The first-order valence-corrected chi connectivity index (χ1v) is 16.5. The molecule has 2 atom stereocenters. The molecule has 0 bridgehead atoms. The molecule has 254 valence electrons. The molecule has 0 aliphatic heterocycles. The number of amides is 3. The van der Waals surface area contributed by atoms with Gasteiger partial charge < -0.3 is 25.0 Å². The number of carbonyl (C=O) groups is 4. The number of aryl methyl sites for hydroxylation is 1. The summed E-state index contributed by atoms with van der Waals surface area (Å²) in [5.74, 6) is -1.50. The highest BCUT2D eigenvalue weighted by molar-refractivity contribution is 5.93. The van der Waals surface area contributed by atoms with Crippen LogP contribution in [0, 0.1) is 6.92 Å². The lowest BCUT2D eigenvalue weighted by Gasteiger charge is -2.33. The van der Waals surface area contributed by atoms with Crippen molar-refractivity contribution in [1.29, 1.82) is 0 Å². The molecule has 2 N–H and O–H groups in total. The van der Waals surface area contributed by atoms with Crippen molar-refractivity contribution in [3.63, 3.8) is 0 Å². The molecular weight excluding hydrogens is 582 g/mol. The van der Waals surface area contributed by atoms with Crippen LogP contribution >= 0.6 is 0 Å². The van der Waals surface area contributed by atoms with Gasteiger partial charge in [0.15, 0.2) is 0 Å². The second-order valence-corrected chi connectivity index (χ2v) is 13.8. The Kier molecular flexibility index (Phi) is 15.2. The summed E-state index contributed by atoms with van der Waals surface area (Å²) in [5, 5.41) is 5.49. The van der Waals surface area contributed by atoms with Crippen LogP contribution in [-0.4, -0.2) is 59.1 Å². The van der Waals surface area contributed by atoms with E-state index in [9.17, 15) is 19.2 Å². The number of hydrogen-bond donors (Lipinski definition) is 2. The quantitative estimate of drug-likeness (QED) is 0.154. The SMILES string of the molecule is CCCCCCCCN(C(=O)CNC(=O)OC(C)(C)C)C(C(=O)NC(Cc1ccccc1)C(=O)OC(C)(C)C)c1cccc(C)c1. The van der Waals surface area contributed by atoms with Crippen LogP contribution in [0.3, 0.4) is 0 Å². The summed E-state index contributed by atoms with van der Waals surface area (Å²) in [6.45, 7) is 14.6. The zero-order valence-corrected chi connectivity index (χ0v) is 29.1. The van der Waals surface area contributed by atoms with Gasteiger partial charge in [0.1, 0.15) is 29.8 Å². The number of nitrogens with one attached hydrogen (secondary N) is 2. The van der Waals surface area contributed by atoms with Gasteiger partial charge in [-0.15, -0.1) is 0 Å². The van der Waals surface area contributed by atoms with Gasteiger partial charge in [0.25, 0.3) is 0 Å². The minimum Gasteiger partial charge on any atom is -0.458 e. The van der Waals surface area contributed by atoms with Gasteiger partial charge >= 0.3 is 12.1 Å². The number of ether oxygens (including phenoxy) is 2. The van der Waals surface area contributed by atoms with E-state index in [0.29, 0.717) is 18.5 Å². The fourth-order valence-corrected chi connectivity index (χ4v) is 5.00. The minimum atomic E-state index is -1.05. The molecule has 0 heterocycles. The molecule has 0 fully saturated rings. The Labute approximate surface area is 275 Å². The Morgan fingerprint density at radius 1 is 0.804 bits per heavy atom. The second-order valence-electron chi connectivity index (χ2n) is 13.8. The fourth-order valence-electron chi connectivity index (χ4n) is 5.00. The first kappa shape index (κ1) is 38.3. The van der Waals surface area contributed by atoms with Crippen LogP contribution in [0.25, 0.3) is 0 Å². The monoisotopic (exact) mass is 637 g/mol. The molecular formula is C37H55N3O6. The van der Waals surface area contributed by atoms with E-state index in [2.05, 4.69) is 17.6 Å². The molecule has 2 unspecified atom stereocenters. The van der Waals surface area contributed by atoms with Crippen LogP contribution in [0.2, 0.25) is 0 Å². The second kappa shape index (κ2) is 18.3. The molecule has 2 rings (SSSR count). The number of carbonyl (C=O) groups excluding carboxylic acids is 4. The van der Waals surface area contributed by atoms with Crippen molar-refractivity contribution < 1.29 is 28.7 Å². The summed E-state index contributed by atoms with van der Waals surface area (Å²) in [7, 11) is 0. The van der Waals surface area contributed by atoms with E-state index in [0.717, 1.165) is 43.2 Å². The van der Waals surface area contributed by atoms with Gasteiger partial charge in [-0.1, -0.05) is 99.2 Å². The fraction of sp³-hybridized carbons (Fsp3) is 0.568. The first-order chi connectivity index (χ1) is 21.6. The highest BCUT2D eigenvalue weighted by Gasteiger charge is 2.35. The molecule has 2 aromatic rings. The highest BCUT2D eigenvalue weighted by atomic mass is 16.6. The van der Waals surface area contributed by atoms with Crippen LogP contribution in [0.1, 0.15) is 110 Å². The third-order valence-electron chi connectivity index (χ3n) is 7.06. The molecule has 0 aliphatic carbocycles. The maximum Gasteiger partial charge on any atom is 0.408 e. The molecule has 0 saturated heterocycles. The summed E-state index contributed by atoms with van der Waals surface area (Å²) in [5.41, 5.74) is 0.885. The van der Waals surface area contributed by atoms with E-state index in [1.165, 1.54) is 4.90 Å². The van der Waals surface area contributed by atoms with Crippen molar-refractivity contribution in [3.8, 4) is 0 Å². The van der Waals surface area contributed by atoms with Crippen molar-refractivity contribution >= 4 is 23.9 Å². The number of unbranched alkanes of at least 4 members (excludes halogenated alkanes) is 5. The Bertz CT molecular complexity index is 1270. The summed E-state index contributed by atoms with van der Waals surface area (Å²) in [6.07, 6.45) is 5.45. The van der Waals surface area contributed by atoms with E-state index in [1.807, 2.05) is 55.5 Å². The van der Waals surface area contributed by atoms with Crippen LogP contribution in [0.15, 0.2) is 54.6 Å². The van der Waals surface area contributed by atoms with Crippen LogP contribution in [0.5, 0.6) is 0 Å². The summed E-state index contributed by atoms with van der Waals surface area (Å²) in [6, 6.07) is 14.8. The number of benzene rings is 2. The van der Waals surface area contributed by atoms with Gasteiger partial charge in [0, 0.05) is 13.0 Å². The lowest BCUT2D eigenvalue weighted by atomic mass is 9.99. The predicted octanol–water partition coefficient (Wildman–Crippen LogP) is 6.82. The van der Waals surface area contributed by atoms with Crippen molar-refractivity contribution in [2.24, 2.45) is 0 Å². The van der Waals surface area contributed by atoms with E-state index in [1.54, 1.807) is 47.6 Å². The summed E-state index contributed by atoms with van der Waals surface area (Å²) < 4.78 is 11.0. The molecule has 0 aliphatic rings. The van der Waals surface area contributed by atoms with Crippen molar-refractivity contribution in [2.75, 3.05) is 13.1 Å². The molecule has 0 aromatic heterocycles. The maximum absolute atomic E-state index is 14.3. The molecule has 0 saturated carbocycles. The Morgan fingerprint density at radius 3 is 2.04 bits per heavy atom. The van der Waals surface area contributed by atoms with Crippen molar-refractivity contribution in [3.05, 3.63) is 71.3 Å². The smallest absolute Gasteiger partial charge is 0.408 e. The van der Waals surface area contributed by atoms with Crippen LogP contribution in [0.4, 0.5) is 4.79 Å². The summed E-state index contributed by atoms with van der Waals surface area (Å²) in [4.78, 5) is 55.6. The van der Waals surface area contributed by atoms with Gasteiger partial charge in [-0.3, -0.25) is 9.59 Å². The van der Waals surface area contributed by atoms with E-state index >= 15 is 0 Å². The van der Waals surface area contributed by atoms with Gasteiger partial charge in [0.2, 0.25) is 11.8 Å². The van der Waals surface area contributed by atoms with Crippen LogP contribution < -0.4 is 10.6 Å². The molecule has 9 heteroatoms. The average molecular weight is 638 g/mol. The Morgan fingerprint density at radius 2 is 1.43 bits per heavy atom. The third kappa shape index (κ3) is 14.5. The molecule has 2 aromatic carbocycles. The summed E-state index contributed by atoms with van der Waals surface area (Å²) >= 11 is 0. The largest absolute Gasteiger partial charge is 0.458 e.